The average molecular weight is 402 g/mol. The number of aromatic amines is 1. The van der Waals surface area contributed by atoms with E-state index in [9.17, 15) is 9.59 Å². The van der Waals surface area contributed by atoms with E-state index in [0.717, 1.165) is 29.9 Å². The van der Waals surface area contributed by atoms with E-state index in [1.54, 1.807) is 23.5 Å². The molecular formula is C20H20ClN3O2S. The fraction of sp³-hybridized carbons (Fsp3) is 0.400. The first-order valence-electron chi connectivity index (χ1n) is 9.29. The highest BCUT2D eigenvalue weighted by Gasteiger charge is 2.47. The second kappa shape index (κ2) is 6.62. The van der Waals surface area contributed by atoms with E-state index in [4.69, 9.17) is 11.6 Å². The van der Waals surface area contributed by atoms with E-state index in [-0.39, 0.29) is 11.2 Å². The van der Waals surface area contributed by atoms with Crippen molar-refractivity contribution in [3.63, 3.8) is 0 Å². The van der Waals surface area contributed by atoms with Crippen LogP contribution in [0.25, 0.3) is 10.9 Å². The van der Waals surface area contributed by atoms with Crippen molar-refractivity contribution >= 4 is 33.8 Å². The van der Waals surface area contributed by atoms with Gasteiger partial charge in [0.25, 0.3) is 5.56 Å². The van der Waals surface area contributed by atoms with Crippen LogP contribution in [0.4, 0.5) is 0 Å². The van der Waals surface area contributed by atoms with Gasteiger partial charge in [0, 0.05) is 31.1 Å². The van der Waals surface area contributed by atoms with Gasteiger partial charge in [0.15, 0.2) is 0 Å². The highest BCUT2D eigenvalue weighted by Crippen LogP contribution is 2.52. The Morgan fingerprint density at radius 3 is 2.78 bits per heavy atom. The van der Waals surface area contributed by atoms with Crippen LogP contribution in [0.1, 0.15) is 17.2 Å². The first-order valence-corrected chi connectivity index (χ1v) is 10.5. The Morgan fingerprint density at radius 1 is 1.11 bits per heavy atom. The van der Waals surface area contributed by atoms with Crippen LogP contribution in [-0.4, -0.2) is 34.1 Å². The Balaban J connectivity index is 1.29. The van der Waals surface area contributed by atoms with Crippen molar-refractivity contribution in [2.75, 3.05) is 19.6 Å². The van der Waals surface area contributed by atoms with Crippen molar-refractivity contribution in [2.24, 2.45) is 11.8 Å². The molecule has 1 aliphatic carbocycles. The zero-order valence-electron chi connectivity index (χ0n) is 14.7. The number of benzene rings is 1. The summed E-state index contributed by atoms with van der Waals surface area (Å²) in [6.07, 6.45) is 1.22. The minimum atomic E-state index is -0.327. The molecule has 0 amide bonds. The summed E-state index contributed by atoms with van der Waals surface area (Å²) in [7, 11) is 0. The lowest BCUT2D eigenvalue weighted by molar-refractivity contribution is 0.194. The number of nitrogens with one attached hydrogen (secondary N) is 1. The minimum Gasteiger partial charge on any atom is -0.307 e. The van der Waals surface area contributed by atoms with Crippen molar-refractivity contribution in [3.8, 4) is 0 Å². The van der Waals surface area contributed by atoms with Crippen molar-refractivity contribution in [2.45, 2.75) is 18.9 Å². The van der Waals surface area contributed by atoms with E-state index in [2.05, 4.69) is 16.0 Å². The molecule has 3 atom stereocenters. The molecular weight excluding hydrogens is 382 g/mol. The number of hydrogen-bond acceptors (Lipinski definition) is 4. The van der Waals surface area contributed by atoms with E-state index >= 15 is 0 Å². The molecule has 5 nitrogen and oxygen atoms in total. The molecule has 0 spiro atoms. The topological polar surface area (TPSA) is 58.1 Å². The highest BCUT2D eigenvalue weighted by molar-refractivity contribution is 7.16. The zero-order valence-corrected chi connectivity index (χ0v) is 16.3. The number of H-pyrrole nitrogens is 1. The van der Waals surface area contributed by atoms with Gasteiger partial charge < -0.3 is 9.88 Å². The molecule has 1 saturated carbocycles. The molecule has 3 unspecified atom stereocenters. The lowest BCUT2D eigenvalue weighted by Gasteiger charge is -2.39. The molecule has 2 aliphatic rings. The molecule has 1 saturated heterocycles. The number of thiophene rings is 1. The predicted molar refractivity (Wildman–Crippen MR) is 109 cm³/mol. The first-order chi connectivity index (χ1) is 13.1. The fourth-order valence-corrected chi connectivity index (χ4v) is 5.93. The Morgan fingerprint density at radius 2 is 1.96 bits per heavy atom. The summed E-state index contributed by atoms with van der Waals surface area (Å²) in [6, 6.07) is 11.3. The SMILES string of the molecule is O=c1[nH]c2ccccc2c(=O)n1CCN1CC2CC(c3ccc(Cl)s3)C2C1. The second-order valence-electron chi connectivity index (χ2n) is 7.60. The van der Waals surface area contributed by atoms with Gasteiger partial charge in [-0.3, -0.25) is 9.36 Å². The second-order valence-corrected chi connectivity index (χ2v) is 9.35. The lowest BCUT2D eigenvalue weighted by atomic mass is 9.66. The average Bonchev–Trinajstić information content (AvgIpc) is 3.20. The molecule has 3 heterocycles. The van der Waals surface area contributed by atoms with Crippen LogP contribution in [0.5, 0.6) is 0 Å². The smallest absolute Gasteiger partial charge is 0.307 e. The van der Waals surface area contributed by atoms with Crippen LogP contribution in [0.2, 0.25) is 4.34 Å². The molecule has 2 aromatic heterocycles. The number of halogens is 1. The number of nitrogens with zero attached hydrogens (tertiary/aromatic N) is 2. The summed E-state index contributed by atoms with van der Waals surface area (Å²) in [5, 5.41) is 0.563. The van der Waals surface area contributed by atoms with E-state index in [0.29, 0.717) is 29.3 Å². The van der Waals surface area contributed by atoms with Crippen LogP contribution in [-0.2, 0) is 6.54 Å². The molecule has 0 bridgehead atoms. The van der Waals surface area contributed by atoms with Crippen molar-refractivity contribution in [1.82, 2.24) is 14.5 Å². The minimum absolute atomic E-state index is 0.206. The van der Waals surface area contributed by atoms with Gasteiger partial charge in [0.05, 0.1) is 15.2 Å². The summed E-state index contributed by atoms with van der Waals surface area (Å²) >= 11 is 7.78. The van der Waals surface area contributed by atoms with Crippen molar-refractivity contribution in [3.05, 3.63) is 66.4 Å². The molecule has 7 heteroatoms. The van der Waals surface area contributed by atoms with Crippen LogP contribution >= 0.6 is 22.9 Å². The van der Waals surface area contributed by atoms with Gasteiger partial charge in [-0.2, -0.15) is 0 Å². The van der Waals surface area contributed by atoms with E-state index in [1.807, 2.05) is 18.2 Å². The standard InChI is InChI=1S/C20H20ClN3O2S/c21-18-6-5-17(27-18)14-9-12-10-23(11-15(12)14)7-8-24-19(25)13-3-1-2-4-16(13)22-20(24)26/h1-6,12,14-15H,7-11H2,(H,22,26). The van der Waals surface area contributed by atoms with Gasteiger partial charge in [0.2, 0.25) is 0 Å². The Kier molecular flexibility index (Phi) is 4.22. The molecule has 3 aromatic rings. The third-order valence-electron chi connectivity index (χ3n) is 6.13. The molecule has 0 radical (unpaired) electrons. The van der Waals surface area contributed by atoms with E-state index < -0.39 is 0 Å². The van der Waals surface area contributed by atoms with Gasteiger partial charge in [-0.15, -0.1) is 11.3 Å². The number of rotatable bonds is 4. The van der Waals surface area contributed by atoms with Crippen LogP contribution in [0.15, 0.2) is 46.0 Å². The molecule has 1 aromatic carbocycles. The maximum atomic E-state index is 12.6. The zero-order chi connectivity index (χ0) is 18.5. The number of para-hydroxylation sites is 1. The molecule has 1 N–H and O–H groups in total. The molecule has 27 heavy (non-hydrogen) atoms. The third kappa shape index (κ3) is 2.96. The normalized spacial score (nSPS) is 24.9. The van der Waals surface area contributed by atoms with Gasteiger partial charge in [-0.1, -0.05) is 23.7 Å². The number of hydrogen-bond donors (Lipinski definition) is 1. The number of aromatic nitrogens is 2. The Hall–Kier alpha value is -1.89. The predicted octanol–water partition coefficient (Wildman–Crippen LogP) is 3.14. The summed E-state index contributed by atoms with van der Waals surface area (Å²) in [5.41, 5.74) is 0.0648. The Labute approximate surface area is 165 Å². The van der Waals surface area contributed by atoms with Gasteiger partial charge >= 0.3 is 5.69 Å². The molecule has 1 aliphatic heterocycles. The van der Waals surface area contributed by atoms with Crippen molar-refractivity contribution in [1.29, 1.82) is 0 Å². The molecule has 140 valence electrons. The fourth-order valence-electron chi connectivity index (χ4n) is 4.68. The van der Waals surface area contributed by atoms with E-state index in [1.165, 1.54) is 15.9 Å². The summed E-state index contributed by atoms with van der Waals surface area (Å²) < 4.78 is 2.19. The highest BCUT2D eigenvalue weighted by atomic mass is 35.5. The lowest BCUT2D eigenvalue weighted by Crippen LogP contribution is -2.38. The summed E-state index contributed by atoms with van der Waals surface area (Å²) in [6.45, 7) is 3.24. The molecule has 2 fully saturated rings. The monoisotopic (exact) mass is 401 g/mol. The van der Waals surface area contributed by atoms with Gasteiger partial charge in [-0.05, 0) is 48.4 Å². The van der Waals surface area contributed by atoms with Gasteiger partial charge in [0.1, 0.15) is 0 Å². The largest absolute Gasteiger partial charge is 0.328 e. The molecule has 5 rings (SSSR count). The maximum Gasteiger partial charge on any atom is 0.328 e. The third-order valence-corrected chi connectivity index (χ3v) is 7.49. The first kappa shape index (κ1) is 17.2. The number of likely N-dealkylation sites (tertiary alicyclic amines) is 1. The quantitative estimate of drug-likeness (QED) is 0.730. The van der Waals surface area contributed by atoms with Crippen molar-refractivity contribution < 1.29 is 0 Å². The van der Waals surface area contributed by atoms with Crippen LogP contribution < -0.4 is 11.2 Å². The number of fused-ring (bicyclic) bond motifs is 2. The van der Waals surface area contributed by atoms with Crippen LogP contribution in [0.3, 0.4) is 0 Å². The van der Waals surface area contributed by atoms with Crippen LogP contribution in [0, 0.1) is 11.8 Å². The van der Waals surface area contributed by atoms with Gasteiger partial charge in [-0.25, -0.2) is 4.79 Å². The summed E-state index contributed by atoms with van der Waals surface area (Å²) in [5.74, 6) is 2.01. The Bertz CT molecular complexity index is 1120. The summed E-state index contributed by atoms with van der Waals surface area (Å²) in [4.78, 5) is 31.6. The maximum absolute atomic E-state index is 12.6.